The van der Waals surface area contributed by atoms with Gasteiger partial charge in [0.25, 0.3) is 5.91 Å². The molecule has 0 saturated heterocycles. The van der Waals surface area contributed by atoms with E-state index in [9.17, 15) is 58.3 Å². The Balaban J connectivity index is 2.15. The zero-order chi connectivity index (χ0) is 28.8. The number of carbonyl (C=O) groups is 1. The number of anilines is 1. The molecule has 0 fully saturated rings. The van der Waals surface area contributed by atoms with E-state index in [1.807, 2.05) is 5.32 Å². The van der Waals surface area contributed by atoms with Crippen LogP contribution in [0.1, 0.15) is 15.9 Å². The number of pyridine rings is 1. The molecule has 5 nitrogen and oxygen atoms in total. The first-order valence-electron chi connectivity index (χ1n) is 9.73. The number of benzene rings is 2. The highest BCUT2D eigenvalue weighted by Gasteiger charge is 2.81. The van der Waals surface area contributed by atoms with Crippen molar-refractivity contribution in [3.63, 3.8) is 0 Å². The first-order valence-corrected chi connectivity index (χ1v) is 10.8. The molecule has 1 atom stereocenters. The van der Waals surface area contributed by atoms with Crippen LogP contribution in [0.15, 0.2) is 48.7 Å². The number of aromatic nitrogens is 1. The largest absolute Gasteiger partial charge is 0.618 e. The summed E-state index contributed by atoms with van der Waals surface area (Å²) in [5.74, 6) is -9.73. The van der Waals surface area contributed by atoms with Crippen LogP contribution in [0.2, 0.25) is 0 Å². The summed E-state index contributed by atoms with van der Waals surface area (Å²) < 4.78 is 151. The lowest BCUT2D eigenvalue weighted by Gasteiger charge is -2.36. The summed E-state index contributed by atoms with van der Waals surface area (Å²) in [5.41, 5.74) is -9.83. The number of nitrogens with one attached hydrogen (secondary N) is 1. The summed E-state index contributed by atoms with van der Waals surface area (Å²) in [6.07, 6.45) is -12.8. The van der Waals surface area contributed by atoms with Crippen LogP contribution in [0.4, 0.5) is 54.0 Å². The number of hydrogen-bond acceptors (Lipinski definition) is 3. The molecule has 2 aromatic carbocycles. The zero-order valence-corrected chi connectivity index (χ0v) is 20.1. The van der Waals surface area contributed by atoms with Crippen molar-refractivity contribution in [2.45, 2.75) is 30.6 Å². The number of carbonyl (C=O) groups excluding carboxylic acids is 1. The third-order valence-corrected chi connectivity index (χ3v) is 5.96. The van der Waals surface area contributed by atoms with Gasteiger partial charge in [0.05, 0.1) is 5.69 Å². The van der Waals surface area contributed by atoms with Crippen molar-refractivity contribution in [3.05, 3.63) is 68.6 Å². The van der Waals surface area contributed by atoms with Gasteiger partial charge in [-0.15, -0.1) is 0 Å². The van der Waals surface area contributed by atoms with E-state index in [2.05, 4.69) is 4.74 Å². The third kappa shape index (κ3) is 5.11. The standard InChI is InChI=1S/C21H10F11IN2O3/c22-17(23)38-14-8-11(18(24,20(27,28)29)19(25,26)21(30,31)32)7-12(33)15(14)34-16(36)10-3-4-13-9(6-10)2-1-5-35(13)37/h1-8,17H,(H,34,36). The average molecular weight is 674 g/mol. The molecule has 17 heteroatoms. The van der Waals surface area contributed by atoms with Gasteiger partial charge in [-0.05, 0) is 52.9 Å². The number of halogens is 12. The van der Waals surface area contributed by atoms with Crippen molar-refractivity contribution in [1.82, 2.24) is 0 Å². The molecule has 206 valence electrons. The van der Waals surface area contributed by atoms with E-state index >= 15 is 0 Å². The van der Waals surface area contributed by atoms with Crippen LogP contribution >= 0.6 is 22.6 Å². The predicted octanol–water partition coefficient (Wildman–Crippen LogP) is 6.86. The summed E-state index contributed by atoms with van der Waals surface area (Å²) >= 11 is 1.00. The van der Waals surface area contributed by atoms with Crippen LogP contribution in [-0.4, -0.2) is 30.8 Å². The number of rotatable bonds is 6. The molecule has 1 unspecified atom stereocenters. The van der Waals surface area contributed by atoms with Crippen LogP contribution in [0.3, 0.4) is 0 Å². The SMILES string of the molecule is O=C(Nc1c(I)cc(C(F)(C(F)(F)F)C(F)(F)C(F)(F)F)cc1OC(F)F)c1ccc2c(ccc[n+]2[O-])c1. The van der Waals surface area contributed by atoms with Gasteiger partial charge >= 0.3 is 30.6 Å². The van der Waals surface area contributed by atoms with E-state index in [0.29, 0.717) is 4.73 Å². The topological polar surface area (TPSA) is 65.3 Å². The molecule has 38 heavy (non-hydrogen) atoms. The minimum absolute atomic E-state index is 0.113. The number of ether oxygens (including phenoxy) is 1. The normalized spacial score (nSPS) is 14.4. The monoisotopic (exact) mass is 674 g/mol. The third-order valence-electron chi connectivity index (χ3n) is 5.11. The van der Waals surface area contributed by atoms with E-state index in [-0.39, 0.29) is 22.5 Å². The maximum Gasteiger partial charge on any atom is 0.457 e. The highest BCUT2D eigenvalue weighted by Crippen LogP contribution is 2.59. The molecule has 0 radical (unpaired) electrons. The second-order valence-corrected chi connectivity index (χ2v) is 8.66. The molecule has 0 saturated carbocycles. The van der Waals surface area contributed by atoms with Crippen molar-refractivity contribution in [3.8, 4) is 5.75 Å². The number of amides is 1. The van der Waals surface area contributed by atoms with Gasteiger partial charge in [-0.3, -0.25) is 4.79 Å². The minimum Gasteiger partial charge on any atom is -0.618 e. The minimum atomic E-state index is -7.06. The van der Waals surface area contributed by atoms with E-state index in [1.54, 1.807) is 0 Å². The van der Waals surface area contributed by atoms with Gasteiger partial charge < -0.3 is 15.3 Å². The Hall–Kier alpha value is -3.12. The second-order valence-electron chi connectivity index (χ2n) is 7.50. The van der Waals surface area contributed by atoms with Gasteiger partial charge in [0.2, 0.25) is 5.52 Å². The van der Waals surface area contributed by atoms with Crippen LogP contribution in [-0.2, 0) is 5.67 Å². The Bertz CT molecular complexity index is 1380. The maximum atomic E-state index is 14.9. The van der Waals surface area contributed by atoms with Gasteiger partial charge in [0.15, 0.2) is 11.9 Å². The molecule has 0 bridgehead atoms. The molecule has 0 aliphatic heterocycles. The van der Waals surface area contributed by atoms with Gasteiger partial charge in [-0.2, -0.15) is 48.6 Å². The van der Waals surface area contributed by atoms with E-state index in [1.165, 1.54) is 18.2 Å². The molecule has 3 rings (SSSR count). The summed E-state index contributed by atoms with van der Waals surface area (Å²) in [6.45, 7) is -3.88. The predicted molar refractivity (Wildman–Crippen MR) is 116 cm³/mol. The molecular weight excluding hydrogens is 664 g/mol. The van der Waals surface area contributed by atoms with Gasteiger partial charge in [-0.1, -0.05) is 0 Å². The Morgan fingerprint density at radius 1 is 0.947 bits per heavy atom. The summed E-state index contributed by atoms with van der Waals surface area (Å²) in [5, 5.41) is 13.9. The lowest BCUT2D eigenvalue weighted by atomic mass is 9.87. The maximum absolute atomic E-state index is 14.9. The molecule has 0 aliphatic rings. The van der Waals surface area contributed by atoms with Crippen molar-refractivity contribution in [2.75, 3.05) is 5.32 Å². The molecule has 1 amide bonds. The van der Waals surface area contributed by atoms with Crippen molar-refractivity contribution >= 4 is 45.1 Å². The highest BCUT2D eigenvalue weighted by molar-refractivity contribution is 14.1. The smallest absolute Gasteiger partial charge is 0.457 e. The lowest BCUT2D eigenvalue weighted by Crippen LogP contribution is -2.59. The lowest BCUT2D eigenvalue weighted by molar-refractivity contribution is -0.577. The molecular formula is C21H10F11IN2O3. The summed E-state index contributed by atoms with van der Waals surface area (Å²) in [4.78, 5) is 12.7. The molecule has 1 N–H and O–H groups in total. The van der Waals surface area contributed by atoms with Crippen LogP contribution in [0, 0.1) is 8.78 Å². The number of nitrogens with zero attached hydrogens (tertiary/aromatic N) is 1. The first kappa shape index (κ1) is 29.4. The first-order chi connectivity index (χ1) is 17.3. The Labute approximate surface area is 217 Å². The average Bonchev–Trinajstić information content (AvgIpc) is 2.78. The Kier molecular flexibility index (Phi) is 7.66. The van der Waals surface area contributed by atoms with Crippen LogP contribution < -0.4 is 14.8 Å². The Morgan fingerprint density at radius 2 is 1.58 bits per heavy atom. The second kappa shape index (κ2) is 9.88. The zero-order valence-electron chi connectivity index (χ0n) is 17.9. The van der Waals surface area contributed by atoms with E-state index in [0.717, 1.165) is 40.9 Å². The Morgan fingerprint density at radius 3 is 2.13 bits per heavy atom. The fourth-order valence-electron chi connectivity index (χ4n) is 3.33. The molecule has 1 aromatic heterocycles. The fourth-order valence-corrected chi connectivity index (χ4v) is 4.07. The van der Waals surface area contributed by atoms with Crippen molar-refractivity contribution in [2.24, 2.45) is 0 Å². The number of alkyl halides is 11. The van der Waals surface area contributed by atoms with Crippen molar-refractivity contribution in [1.29, 1.82) is 0 Å². The molecule has 0 aliphatic carbocycles. The van der Waals surface area contributed by atoms with Crippen molar-refractivity contribution < 1.29 is 62.6 Å². The fraction of sp³-hybridized carbons (Fsp3) is 0.238. The number of hydrogen-bond donors (Lipinski definition) is 1. The van der Waals surface area contributed by atoms with Gasteiger partial charge in [0, 0.05) is 32.2 Å². The van der Waals surface area contributed by atoms with E-state index < -0.39 is 63.1 Å². The molecule has 0 spiro atoms. The van der Waals surface area contributed by atoms with Gasteiger partial charge in [-0.25, -0.2) is 4.39 Å². The highest BCUT2D eigenvalue weighted by atomic mass is 127. The van der Waals surface area contributed by atoms with Crippen LogP contribution in [0.25, 0.3) is 10.9 Å². The van der Waals surface area contributed by atoms with Gasteiger partial charge in [0.1, 0.15) is 0 Å². The number of fused-ring (bicyclic) bond motifs is 1. The molecule has 3 aromatic rings. The summed E-state index contributed by atoms with van der Waals surface area (Å²) in [7, 11) is 0. The van der Waals surface area contributed by atoms with Crippen LogP contribution in [0.5, 0.6) is 5.75 Å². The van der Waals surface area contributed by atoms with E-state index in [4.69, 9.17) is 0 Å². The summed E-state index contributed by atoms with van der Waals surface area (Å²) in [6, 6.07) is 5.65. The molecule has 1 heterocycles. The quantitative estimate of drug-likeness (QED) is 0.135.